The van der Waals surface area contributed by atoms with Crippen LogP contribution >= 0.6 is 15.9 Å². The summed E-state index contributed by atoms with van der Waals surface area (Å²) in [4.78, 5) is 0. The summed E-state index contributed by atoms with van der Waals surface area (Å²) in [5, 5.41) is 0. The van der Waals surface area contributed by atoms with E-state index in [1.165, 1.54) is 4.31 Å². The van der Waals surface area contributed by atoms with E-state index in [1.807, 2.05) is 25.1 Å². The van der Waals surface area contributed by atoms with Gasteiger partial charge in [-0.1, -0.05) is 34.1 Å². The first-order chi connectivity index (χ1) is 6.49. The third-order valence-corrected chi connectivity index (χ3v) is 5.05. The fraction of sp³-hybridized carbons (Fsp3) is 0.333. The van der Waals surface area contributed by atoms with E-state index in [-0.39, 0.29) is 4.66 Å². The predicted octanol–water partition coefficient (Wildman–Crippen LogP) is 2.11. The minimum Gasteiger partial charge on any atom is -0.272 e. The molecule has 5 heteroatoms. The molecule has 0 saturated carbocycles. The predicted molar refractivity (Wildman–Crippen MR) is 62.3 cm³/mol. The highest BCUT2D eigenvalue weighted by Crippen LogP contribution is 2.21. The average molecular weight is 278 g/mol. The fourth-order valence-electron chi connectivity index (χ4n) is 1.14. The van der Waals surface area contributed by atoms with Gasteiger partial charge in [0.25, 0.3) is 0 Å². The molecule has 0 saturated heterocycles. The summed E-state index contributed by atoms with van der Waals surface area (Å²) in [6, 6.07) is 7.38. The lowest BCUT2D eigenvalue weighted by molar-refractivity contribution is 0.599. The molecule has 0 unspecified atom stereocenters. The van der Waals surface area contributed by atoms with Gasteiger partial charge in [0.1, 0.15) is 4.66 Å². The van der Waals surface area contributed by atoms with Crippen LogP contribution in [0.15, 0.2) is 24.3 Å². The van der Waals surface area contributed by atoms with Gasteiger partial charge in [0.05, 0.1) is 5.69 Å². The van der Waals surface area contributed by atoms with Crippen molar-refractivity contribution < 1.29 is 8.42 Å². The molecule has 0 bridgehead atoms. The molecule has 0 spiro atoms. The van der Waals surface area contributed by atoms with Gasteiger partial charge in [-0.25, -0.2) is 8.42 Å². The van der Waals surface area contributed by atoms with Gasteiger partial charge in [0, 0.05) is 7.05 Å². The second-order valence-corrected chi connectivity index (χ2v) is 6.28. The van der Waals surface area contributed by atoms with Gasteiger partial charge in [-0.15, -0.1) is 0 Å². The molecular weight excluding hydrogens is 266 g/mol. The summed E-state index contributed by atoms with van der Waals surface area (Å²) in [6.07, 6.45) is 0. The molecule has 0 aliphatic carbocycles. The highest BCUT2D eigenvalue weighted by Gasteiger charge is 2.17. The van der Waals surface area contributed by atoms with Crippen molar-refractivity contribution in [2.45, 2.75) is 6.92 Å². The molecule has 78 valence electrons. The van der Waals surface area contributed by atoms with Crippen LogP contribution in [0.25, 0.3) is 0 Å². The molecule has 1 aromatic carbocycles. The van der Waals surface area contributed by atoms with E-state index in [1.54, 1.807) is 13.1 Å². The zero-order valence-electron chi connectivity index (χ0n) is 8.07. The minimum atomic E-state index is -3.22. The minimum absolute atomic E-state index is 0.0646. The normalized spacial score (nSPS) is 11.4. The molecular formula is C9H12BrNO2S. The molecule has 0 radical (unpaired) electrons. The summed E-state index contributed by atoms with van der Waals surface area (Å²) < 4.78 is 24.3. The molecule has 1 aromatic rings. The molecule has 0 aliphatic rings. The summed E-state index contributed by atoms with van der Waals surface area (Å²) >= 11 is 2.96. The van der Waals surface area contributed by atoms with Crippen molar-refractivity contribution in [2.75, 3.05) is 16.0 Å². The van der Waals surface area contributed by atoms with Crippen LogP contribution in [-0.2, 0) is 10.0 Å². The van der Waals surface area contributed by atoms with Gasteiger partial charge >= 0.3 is 0 Å². The number of anilines is 1. The zero-order valence-corrected chi connectivity index (χ0v) is 10.5. The van der Waals surface area contributed by atoms with Crippen LogP contribution in [0.1, 0.15) is 5.56 Å². The SMILES string of the molecule is Cc1ccccc1N(C)S(=O)(=O)CBr. The monoisotopic (exact) mass is 277 g/mol. The average Bonchev–Trinajstić information content (AvgIpc) is 2.17. The summed E-state index contributed by atoms with van der Waals surface area (Å²) in [6.45, 7) is 1.88. The molecule has 0 N–H and O–H groups in total. The van der Waals surface area contributed by atoms with E-state index in [4.69, 9.17) is 0 Å². The number of para-hydroxylation sites is 1. The lowest BCUT2D eigenvalue weighted by Gasteiger charge is -2.19. The second-order valence-electron chi connectivity index (χ2n) is 2.97. The Balaban J connectivity index is 3.14. The van der Waals surface area contributed by atoms with Crippen molar-refractivity contribution >= 4 is 31.6 Å². The van der Waals surface area contributed by atoms with Gasteiger partial charge in [0.15, 0.2) is 0 Å². The van der Waals surface area contributed by atoms with Crippen LogP contribution in [0.5, 0.6) is 0 Å². The largest absolute Gasteiger partial charge is 0.272 e. The van der Waals surface area contributed by atoms with E-state index in [9.17, 15) is 8.42 Å². The summed E-state index contributed by atoms with van der Waals surface area (Å²) in [7, 11) is -1.67. The topological polar surface area (TPSA) is 37.4 Å². The summed E-state index contributed by atoms with van der Waals surface area (Å²) in [5.74, 6) is 0. The van der Waals surface area contributed by atoms with Crippen LogP contribution in [0.3, 0.4) is 0 Å². The Bertz CT molecular complexity index is 417. The van der Waals surface area contributed by atoms with Crippen molar-refractivity contribution in [3.63, 3.8) is 0 Å². The third kappa shape index (κ3) is 2.27. The maximum atomic E-state index is 11.5. The number of alkyl halides is 1. The molecule has 0 aliphatic heterocycles. The van der Waals surface area contributed by atoms with E-state index >= 15 is 0 Å². The maximum Gasteiger partial charge on any atom is 0.244 e. The van der Waals surface area contributed by atoms with E-state index in [2.05, 4.69) is 15.9 Å². The summed E-state index contributed by atoms with van der Waals surface area (Å²) in [5.41, 5.74) is 1.66. The molecule has 0 atom stereocenters. The standard InChI is InChI=1S/C9H12BrNO2S/c1-8-5-3-4-6-9(8)11(2)14(12,13)7-10/h3-6H,7H2,1-2H3. The number of rotatable bonds is 3. The highest BCUT2D eigenvalue weighted by atomic mass is 79.9. The molecule has 0 fully saturated rings. The number of aryl methyl sites for hydroxylation is 1. The van der Waals surface area contributed by atoms with Crippen LogP contribution in [0.2, 0.25) is 0 Å². The van der Waals surface area contributed by atoms with Crippen molar-refractivity contribution in [2.24, 2.45) is 0 Å². The van der Waals surface area contributed by atoms with Crippen LogP contribution in [0, 0.1) is 6.92 Å². The van der Waals surface area contributed by atoms with Crippen LogP contribution in [-0.4, -0.2) is 20.1 Å². The van der Waals surface area contributed by atoms with Gasteiger partial charge in [-0.05, 0) is 18.6 Å². The number of hydrogen-bond acceptors (Lipinski definition) is 2. The molecule has 14 heavy (non-hydrogen) atoms. The number of hydrogen-bond donors (Lipinski definition) is 0. The Kier molecular flexibility index (Phi) is 3.55. The smallest absolute Gasteiger partial charge is 0.244 e. The van der Waals surface area contributed by atoms with Crippen molar-refractivity contribution in [3.8, 4) is 0 Å². The van der Waals surface area contributed by atoms with Crippen molar-refractivity contribution in [1.29, 1.82) is 0 Å². The Morgan fingerprint density at radius 1 is 1.36 bits per heavy atom. The Morgan fingerprint density at radius 2 is 1.93 bits per heavy atom. The van der Waals surface area contributed by atoms with Gasteiger partial charge in [0.2, 0.25) is 10.0 Å². The van der Waals surface area contributed by atoms with Gasteiger partial charge in [-0.3, -0.25) is 4.31 Å². The van der Waals surface area contributed by atoms with E-state index < -0.39 is 10.0 Å². The molecule has 0 amide bonds. The maximum absolute atomic E-state index is 11.5. The van der Waals surface area contributed by atoms with Crippen LogP contribution in [0.4, 0.5) is 5.69 Å². The third-order valence-electron chi connectivity index (χ3n) is 2.01. The van der Waals surface area contributed by atoms with Gasteiger partial charge < -0.3 is 0 Å². The first-order valence-corrected chi connectivity index (χ1v) is 6.80. The Hall–Kier alpha value is -0.550. The first kappa shape index (κ1) is 11.5. The fourth-order valence-corrected chi connectivity index (χ4v) is 2.71. The molecule has 0 aromatic heterocycles. The van der Waals surface area contributed by atoms with Gasteiger partial charge in [-0.2, -0.15) is 0 Å². The van der Waals surface area contributed by atoms with Crippen LogP contribution < -0.4 is 4.31 Å². The zero-order chi connectivity index (χ0) is 10.8. The molecule has 1 rings (SSSR count). The number of benzene rings is 1. The lowest BCUT2D eigenvalue weighted by Crippen LogP contribution is -2.27. The first-order valence-electron chi connectivity index (χ1n) is 4.07. The molecule has 0 heterocycles. The number of halogens is 1. The van der Waals surface area contributed by atoms with E-state index in [0.29, 0.717) is 5.69 Å². The Labute approximate surface area is 92.9 Å². The highest BCUT2D eigenvalue weighted by molar-refractivity contribution is 9.10. The number of nitrogens with zero attached hydrogens (tertiary/aromatic N) is 1. The Morgan fingerprint density at radius 3 is 2.43 bits per heavy atom. The lowest BCUT2D eigenvalue weighted by atomic mass is 10.2. The van der Waals surface area contributed by atoms with E-state index in [0.717, 1.165) is 5.56 Å². The van der Waals surface area contributed by atoms with Crippen molar-refractivity contribution in [3.05, 3.63) is 29.8 Å². The number of sulfonamides is 1. The van der Waals surface area contributed by atoms with Crippen molar-refractivity contribution in [1.82, 2.24) is 0 Å². The molecule has 3 nitrogen and oxygen atoms in total. The second kappa shape index (κ2) is 4.31. The quantitative estimate of drug-likeness (QED) is 0.794.